The van der Waals surface area contributed by atoms with Gasteiger partial charge in [0.15, 0.2) is 0 Å². The second-order valence-corrected chi connectivity index (χ2v) is 6.54. The third-order valence-electron chi connectivity index (χ3n) is 2.93. The molecule has 108 valence electrons. The first kappa shape index (κ1) is 15.0. The van der Waals surface area contributed by atoms with Crippen LogP contribution in [0.2, 0.25) is 0 Å². The van der Waals surface area contributed by atoms with E-state index in [1.807, 2.05) is 6.07 Å². The Labute approximate surface area is 123 Å². The van der Waals surface area contributed by atoms with Crippen LogP contribution in [0.15, 0.2) is 47.5 Å². The topological polar surface area (TPSA) is 100 Å². The average molecular weight is 302 g/mol. The number of nitriles is 1. The summed E-state index contributed by atoms with van der Waals surface area (Å²) in [4.78, 5) is 3.87. The summed E-state index contributed by atoms with van der Waals surface area (Å²) in [6, 6.07) is 11.7. The fraction of sp³-hybridized carbons (Fsp3) is 0.143. The van der Waals surface area contributed by atoms with Gasteiger partial charge in [-0.15, -0.1) is 0 Å². The minimum Gasteiger partial charge on any atom is -0.384 e. The zero-order valence-corrected chi connectivity index (χ0v) is 12.2. The molecule has 1 heterocycles. The number of pyridine rings is 1. The standard InChI is InChI=1S/C14H14N4O2S/c1-18(10-12-4-2-3-11(7-12)8-15)21(19,20)13-5-6-14(16)17-9-13/h2-7,9H,10H2,1H3,(H2,16,17). The van der Waals surface area contributed by atoms with E-state index in [1.54, 1.807) is 24.3 Å². The van der Waals surface area contributed by atoms with Crippen molar-refractivity contribution in [1.82, 2.24) is 9.29 Å². The summed E-state index contributed by atoms with van der Waals surface area (Å²) in [7, 11) is -2.16. The Morgan fingerprint density at radius 1 is 1.33 bits per heavy atom. The van der Waals surface area contributed by atoms with Crippen LogP contribution in [0.3, 0.4) is 0 Å². The van der Waals surface area contributed by atoms with Crippen LogP contribution in [-0.4, -0.2) is 24.8 Å². The quantitative estimate of drug-likeness (QED) is 0.919. The molecule has 1 aromatic carbocycles. The number of sulfonamides is 1. The van der Waals surface area contributed by atoms with Gasteiger partial charge in [-0.05, 0) is 29.8 Å². The Morgan fingerprint density at radius 3 is 2.71 bits per heavy atom. The summed E-state index contributed by atoms with van der Waals surface area (Å²) in [6.45, 7) is 0.169. The molecular weight excluding hydrogens is 288 g/mol. The second kappa shape index (κ2) is 5.91. The minimum absolute atomic E-state index is 0.0793. The van der Waals surface area contributed by atoms with Gasteiger partial charge in [-0.25, -0.2) is 13.4 Å². The molecule has 0 aliphatic rings. The van der Waals surface area contributed by atoms with Gasteiger partial charge in [0.1, 0.15) is 10.7 Å². The van der Waals surface area contributed by atoms with Gasteiger partial charge in [-0.2, -0.15) is 9.57 Å². The lowest BCUT2D eigenvalue weighted by Gasteiger charge is -2.17. The number of hydrogen-bond donors (Lipinski definition) is 1. The average Bonchev–Trinajstić information content (AvgIpc) is 2.48. The van der Waals surface area contributed by atoms with Gasteiger partial charge in [0, 0.05) is 19.8 Å². The molecule has 0 fully saturated rings. The molecule has 0 saturated heterocycles. The number of rotatable bonds is 4. The number of hydrogen-bond acceptors (Lipinski definition) is 5. The normalized spacial score (nSPS) is 11.3. The van der Waals surface area contributed by atoms with Crippen molar-refractivity contribution in [1.29, 1.82) is 5.26 Å². The van der Waals surface area contributed by atoms with Crippen molar-refractivity contribution in [2.45, 2.75) is 11.4 Å². The van der Waals surface area contributed by atoms with Crippen LogP contribution in [0.4, 0.5) is 5.82 Å². The molecule has 0 aliphatic carbocycles. The first-order valence-electron chi connectivity index (χ1n) is 6.10. The predicted molar refractivity (Wildman–Crippen MR) is 78.5 cm³/mol. The van der Waals surface area contributed by atoms with E-state index in [0.29, 0.717) is 5.56 Å². The van der Waals surface area contributed by atoms with E-state index in [1.165, 1.54) is 29.7 Å². The van der Waals surface area contributed by atoms with Crippen LogP contribution in [0.25, 0.3) is 0 Å². The van der Waals surface area contributed by atoms with E-state index in [4.69, 9.17) is 11.0 Å². The third kappa shape index (κ3) is 3.37. The van der Waals surface area contributed by atoms with Gasteiger partial charge >= 0.3 is 0 Å². The fourth-order valence-corrected chi connectivity index (χ4v) is 2.91. The van der Waals surface area contributed by atoms with Gasteiger partial charge in [-0.1, -0.05) is 12.1 Å². The molecule has 0 atom stereocenters. The zero-order valence-electron chi connectivity index (χ0n) is 11.4. The molecule has 0 bridgehead atoms. The van der Waals surface area contributed by atoms with Crippen LogP contribution in [0.1, 0.15) is 11.1 Å². The first-order valence-corrected chi connectivity index (χ1v) is 7.54. The number of anilines is 1. The molecule has 0 radical (unpaired) electrons. The monoisotopic (exact) mass is 302 g/mol. The molecule has 7 heteroatoms. The van der Waals surface area contributed by atoms with Crippen LogP contribution >= 0.6 is 0 Å². The number of benzene rings is 1. The molecule has 0 unspecified atom stereocenters. The molecule has 2 N–H and O–H groups in total. The zero-order chi connectivity index (χ0) is 15.5. The Kier molecular flexibility index (Phi) is 4.21. The van der Waals surface area contributed by atoms with Gasteiger partial charge in [-0.3, -0.25) is 0 Å². The van der Waals surface area contributed by atoms with E-state index >= 15 is 0 Å². The van der Waals surface area contributed by atoms with Gasteiger partial charge in [0.25, 0.3) is 0 Å². The number of aromatic nitrogens is 1. The SMILES string of the molecule is CN(Cc1cccc(C#N)c1)S(=O)(=O)c1ccc(N)nc1. The van der Waals surface area contributed by atoms with E-state index in [0.717, 1.165) is 5.56 Å². The number of nitrogens with two attached hydrogens (primary N) is 1. The molecule has 0 aliphatic heterocycles. The lowest BCUT2D eigenvalue weighted by molar-refractivity contribution is 0.466. The number of nitrogens with zero attached hydrogens (tertiary/aromatic N) is 3. The summed E-state index contributed by atoms with van der Waals surface area (Å²) in [5.74, 6) is 0.262. The third-order valence-corrected chi connectivity index (χ3v) is 4.72. The van der Waals surface area contributed by atoms with Crippen molar-refractivity contribution in [3.8, 4) is 6.07 Å². The molecule has 0 spiro atoms. The molecule has 21 heavy (non-hydrogen) atoms. The second-order valence-electron chi connectivity index (χ2n) is 4.49. The first-order chi connectivity index (χ1) is 9.93. The van der Waals surface area contributed by atoms with Crippen LogP contribution in [0.5, 0.6) is 0 Å². The number of nitrogen functional groups attached to an aromatic ring is 1. The Morgan fingerprint density at radius 2 is 2.10 bits per heavy atom. The molecule has 2 rings (SSSR count). The van der Waals surface area contributed by atoms with Crippen molar-refractivity contribution < 1.29 is 8.42 Å². The highest BCUT2D eigenvalue weighted by Crippen LogP contribution is 2.17. The molecule has 0 saturated carbocycles. The fourth-order valence-electron chi connectivity index (χ4n) is 1.81. The van der Waals surface area contributed by atoms with E-state index in [9.17, 15) is 8.42 Å². The van der Waals surface area contributed by atoms with E-state index < -0.39 is 10.0 Å². The maximum absolute atomic E-state index is 12.4. The lowest BCUT2D eigenvalue weighted by Crippen LogP contribution is -2.26. The van der Waals surface area contributed by atoms with Crippen LogP contribution in [-0.2, 0) is 16.6 Å². The summed E-state index contributed by atoms with van der Waals surface area (Å²) in [5, 5.41) is 8.86. The van der Waals surface area contributed by atoms with Crippen molar-refractivity contribution in [2.75, 3.05) is 12.8 Å². The molecule has 0 amide bonds. The van der Waals surface area contributed by atoms with Crippen molar-refractivity contribution >= 4 is 15.8 Å². The lowest BCUT2D eigenvalue weighted by atomic mass is 10.1. The highest BCUT2D eigenvalue weighted by atomic mass is 32.2. The Bertz CT molecular complexity index is 779. The van der Waals surface area contributed by atoms with Gasteiger partial charge in [0.2, 0.25) is 10.0 Å². The van der Waals surface area contributed by atoms with Crippen LogP contribution < -0.4 is 5.73 Å². The summed E-state index contributed by atoms with van der Waals surface area (Å²) < 4.78 is 26.0. The molecular formula is C14H14N4O2S. The van der Waals surface area contributed by atoms with Gasteiger partial charge in [0.05, 0.1) is 11.6 Å². The summed E-state index contributed by atoms with van der Waals surface area (Å²) >= 11 is 0. The highest BCUT2D eigenvalue weighted by molar-refractivity contribution is 7.89. The Balaban J connectivity index is 2.24. The van der Waals surface area contributed by atoms with E-state index in [2.05, 4.69) is 4.98 Å². The molecule has 6 nitrogen and oxygen atoms in total. The summed E-state index contributed by atoms with van der Waals surface area (Å²) in [5.41, 5.74) is 6.68. The Hall–Kier alpha value is -2.43. The largest absolute Gasteiger partial charge is 0.384 e. The maximum atomic E-state index is 12.4. The molecule has 2 aromatic rings. The smallest absolute Gasteiger partial charge is 0.244 e. The van der Waals surface area contributed by atoms with Crippen molar-refractivity contribution in [3.63, 3.8) is 0 Å². The van der Waals surface area contributed by atoms with E-state index in [-0.39, 0.29) is 17.3 Å². The van der Waals surface area contributed by atoms with Crippen LogP contribution in [0, 0.1) is 11.3 Å². The highest BCUT2D eigenvalue weighted by Gasteiger charge is 2.21. The van der Waals surface area contributed by atoms with Crippen molar-refractivity contribution in [3.05, 3.63) is 53.7 Å². The van der Waals surface area contributed by atoms with Crippen molar-refractivity contribution in [2.24, 2.45) is 0 Å². The minimum atomic E-state index is -3.64. The maximum Gasteiger partial charge on any atom is 0.244 e. The predicted octanol–water partition coefficient (Wildman–Crippen LogP) is 1.36. The summed E-state index contributed by atoms with van der Waals surface area (Å²) in [6.07, 6.45) is 1.23. The van der Waals surface area contributed by atoms with Gasteiger partial charge < -0.3 is 5.73 Å². The molecule has 1 aromatic heterocycles.